The van der Waals surface area contributed by atoms with E-state index < -0.39 is 20.0 Å². The number of rotatable bonds is 57. The molecule has 0 saturated carbocycles. The molecule has 0 heterocycles. The summed E-state index contributed by atoms with van der Waals surface area (Å²) in [6, 6.07) is -0.851. The SMILES string of the molecule is CC/C=C\C/C=C\C/C=C\C/C=C\C/C=C\C/C=C\C/C=C\CCCCCCCCCCCCCCCCCC(=O)NC(COP(=O)(O)OCC[N+](C)(C)C)C(O)/C=C/CCCCCCCCCCCCCCCCC. The van der Waals surface area contributed by atoms with Crippen LogP contribution >= 0.6 is 7.82 Å². The minimum Gasteiger partial charge on any atom is -0.387 e. The first kappa shape index (κ1) is 73.4. The van der Waals surface area contributed by atoms with Gasteiger partial charge in [-0.05, 0) is 77.0 Å². The fourth-order valence-electron chi connectivity index (χ4n) is 8.91. The second kappa shape index (κ2) is 57.1. The molecular formula is C67H122N2O6P+. The number of hydrogen-bond donors (Lipinski definition) is 3. The van der Waals surface area contributed by atoms with E-state index in [4.69, 9.17) is 9.05 Å². The van der Waals surface area contributed by atoms with E-state index >= 15 is 0 Å². The average molecular weight is 1080 g/mol. The molecule has 0 aliphatic rings. The van der Waals surface area contributed by atoms with Crippen molar-refractivity contribution in [2.24, 2.45) is 0 Å². The number of aliphatic hydroxyl groups excluding tert-OH is 1. The topological polar surface area (TPSA) is 105 Å². The summed E-state index contributed by atoms with van der Waals surface area (Å²) in [5.41, 5.74) is 0. The molecule has 9 heteroatoms. The first-order valence-corrected chi connectivity index (χ1v) is 33.1. The zero-order valence-electron chi connectivity index (χ0n) is 50.2. The van der Waals surface area contributed by atoms with Crippen LogP contribution in [0.1, 0.15) is 271 Å². The summed E-state index contributed by atoms with van der Waals surface area (Å²) in [5.74, 6) is -0.178. The maximum Gasteiger partial charge on any atom is 0.472 e. The van der Waals surface area contributed by atoms with Gasteiger partial charge >= 0.3 is 7.82 Å². The number of likely N-dealkylation sites (N-methyl/N-ethyl adjacent to an activating group) is 1. The molecule has 0 bridgehead atoms. The summed E-state index contributed by atoms with van der Waals surface area (Å²) < 4.78 is 23.7. The molecule has 0 fully saturated rings. The standard InChI is InChI=1S/C67H121N2O6P/c1-6-8-10-12-14-16-18-20-22-24-25-26-27-28-29-30-31-32-33-34-35-36-37-38-39-40-41-42-43-45-47-49-51-53-55-57-59-61-67(71)68-65(64-75-76(72,73)74-63-62-69(3,4)5)66(70)60-58-56-54-52-50-48-46-44-23-21-19-17-15-13-11-9-7-2/h8,10,14,16,20,22,25-26,28-29,31-32,34-35,58,60,65-66,70H,6-7,9,11-13,15,17-19,21,23-24,27,30,33,36-57,59,61-64H2,1-5H3,(H-,68,71,72,73)/p+1/b10-8-,16-14-,22-20-,26-25-,29-28-,32-31-,35-34-,60-58+. The summed E-state index contributed by atoms with van der Waals surface area (Å²) in [6.07, 6.45) is 82.4. The van der Waals surface area contributed by atoms with Crippen molar-refractivity contribution in [2.45, 2.75) is 283 Å². The minimum atomic E-state index is -4.35. The maximum absolute atomic E-state index is 13.0. The van der Waals surface area contributed by atoms with Gasteiger partial charge in [-0.1, -0.05) is 284 Å². The third-order valence-electron chi connectivity index (χ3n) is 13.8. The van der Waals surface area contributed by atoms with Crippen molar-refractivity contribution >= 4 is 13.7 Å². The number of nitrogens with zero attached hydrogens (tertiary/aromatic N) is 1. The monoisotopic (exact) mass is 1080 g/mol. The van der Waals surface area contributed by atoms with Gasteiger partial charge in [-0.25, -0.2) is 4.57 Å². The highest BCUT2D eigenvalue weighted by atomic mass is 31.2. The van der Waals surface area contributed by atoms with E-state index in [2.05, 4.69) is 104 Å². The Bertz CT molecular complexity index is 1560. The van der Waals surface area contributed by atoms with Crippen LogP contribution in [-0.4, -0.2) is 73.4 Å². The molecule has 440 valence electrons. The van der Waals surface area contributed by atoms with E-state index in [0.717, 1.165) is 83.5 Å². The highest BCUT2D eigenvalue weighted by Crippen LogP contribution is 2.43. The lowest BCUT2D eigenvalue weighted by molar-refractivity contribution is -0.870. The number of aliphatic hydroxyl groups is 1. The van der Waals surface area contributed by atoms with E-state index in [1.54, 1.807) is 6.08 Å². The molecule has 3 unspecified atom stereocenters. The molecule has 0 rings (SSSR count). The van der Waals surface area contributed by atoms with Crippen LogP contribution in [0.3, 0.4) is 0 Å². The van der Waals surface area contributed by atoms with Crippen molar-refractivity contribution in [1.82, 2.24) is 5.32 Å². The van der Waals surface area contributed by atoms with Crippen LogP contribution < -0.4 is 5.32 Å². The van der Waals surface area contributed by atoms with Gasteiger partial charge in [-0.15, -0.1) is 0 Å². The smallest absolute Gasteiger partial charge is 0.387 e. The number of unbranched alkanes of at least 4 members (excludes halogenated alkanes) is 30. The number of carbonyl (C=O) groups is 1. The highest BCUT2D eigenvalue weighted by Gasteiger charge is 2.27. The van der Waals surface area contributed by atoms with Crippen molar-refractivity contribution in [1.29, 1.82) is 0 Å². The molecule has 0 saturated heterocycles. The molecule has 0 aliphatic heterocycles. The lowest BCUT2D eigenvalue weighted by Crippen LogP contribution is -2.45. The minimum absolute atomic E-state index is 0.0592. The van der Waals surface area contributed by atoms with E-state index in [0.29, 0.717) is 17.4 Å². The van der Waals surface area contributed by atoms with Gasteiger partial charge in [-0.3, -0.25) is 13.8 Å². The summed E-state index contributed by atoms with van der Waals surface area (Å²) in [7, 11) is 1.57. The van der Waals surface area contributed by atoms with E-state index in [1.165, 1.54) is 167 Å². The predicted octanol–water partition coefficient (Wildman–Crippen LogP) is 19.8. The number of nitrogens with one attached hydrogen (secondary N) is 1. The van der Waals surface area contributed by atoms with Gasteiger partial charge in [0.15, 0.2) is 0 Å². The Labute approximate surface area is 470 Å². The maximum atomic E-state index is 13.0. The van der Waals surface area contributed by atoms with Gasteiger partial charge in [0.05, 0.1) is 39.9 Å². The number of amides is 1. The van der Waals surface area contributed by atoms with Crippen molar-refractivity contribution in [3.05, 3.63) is 97.2 Å². The number of phosphoric ester groups is 1. The molecule has 0 spiro atoms. The van der Waals surface area contributed by atoms with Crippen LogP contribution in [0.5, 0.6) is 0 Å². The molecule has 0 aromatic rings. The lowest BCUT2D eigenvalue weighted by atomic mass is 10.0. The first-order valence-electron chi connectivity index (χ1n) is 31.6. The Morgan fingerprint density at radius 2 is 0.789 bits per heavy atom. The largest absolute Gasteiger partial charge is 0.472 e. The number of allylic oxidation sites excluding steroid dienone is 15. The Morgan fingerprint density at radius 1 is 0.461 bits per heavy atom. The first-order chi connectivity index (χ1) is 37.0. The quantitative estimate of drug-likeness (QED) is 0.0243. The molecule has 0 aromatic heterocycles. The van der Waals surface area contributed by atoms with Crippen LogP contribution in [0.25, 0.3) is 0 Å². The summed E-state index contributed by atoms with van der Waals surface area (Å²) >= 11 is 0. The third kappa shape index (κ3) is 59.1. The van der Waals surface area contributed by atoms with Crippen molar-refractivity contribution in [3.63, 3.8) is 0 Å². The van der Waals surface area contributed by atoms with Gasteiger partial charge in [0, 0.05) is 6.42 Å². The third-order valence-corrected chi connectivity index (χ3v) is 14.8. The number of quaternary nitrogens is 1. The molecule has 0 radical (unpaired) electrons. The Kier molecular flexibility index (Phi) is 55.2. The van der Waals surface area contributed by atoms with Crippen LogP contribution in [0, 0.1) is 0 Å². The molecule has 3 atom stereocenters. The highest BCUT2D eigenvalue weighted by molar-refractivity contribution is 7.47. The van der Waals surface area contributed by atoms with Gasteiger partial charge in [0.2, 0.25) is 5.91 Å². The zero-order valence-corrected chi connectivity index (χ0v) is 51.1. The second-order valence-electron chi connectivity index (χ2n) is 22.4. The molecule has 0 aromatic carbocycles. The summed E-state index contributed by atoms with van der Waals surface area (Å²) in [4.78, 5) is 23.3. The van der Waals surface area contributed by atoms with Crippen LogP contribution in [0.2, 0.25) is 0 Å². The fraction of sp³-hybridized carbons (Fsp3) is 0.746. The van der Waals surface area contributed by atoms with E-state index in [1.807, 2.05) is 27.2 Å². The van der Waals surface area contributed by atoms with E-state index in [-0.39, 0.29) is 19.1 Å². The second-order valence-corrected chi connectivity index (χ2v) is 23.9. The van der Waals surface area contributed by atoms with Crippen LogP contribution in [0.4, 0.5) is 0 Å². The lowest BCUT2D eigenvalue weighted by Gasteiger charge is -2.25. The van der Waals surface area contributed by atoms with Gasteiger partial charge < -0.3 is 19.8 Å². The average Bonchev–Trinajstić information content (AvgIpc) is 3.38. The Balaban J connectivity index is 4.06. The number of carbonyl (C=O) groups excluding carboxylic acids is 1. The van der Waals surface area contributed by atoms with Crippen LogP contribution in [0.15, 0.2) is 97.2 Å². The summed E-state index contributed by atoms with van der Waals surface area (Å²) in [6.45, 7) is 4.72. The van der Waals surface area contributed by atoms with Crippen molar-refractivity contribution in [3.8, 4) is 0 Å². The summed E-state index contributed by atoms with van der Waals surface area (Å²) in [5, 5.41) is 14.0. The molecule has 0 aliphatic carbocycles. The molecule has 8 nitrogen and oxygen atoms in total. The number of phosphoric acid groups is 1. The van der Waals surface area contributed by atoms with Gasteiger partial charge in [0.25, 0.3) is 0 Å². The normalized spacial score (nSPS) is 14.5. The number of hydrogen-bond acceptors (Lipinski definition) is 5. The Hall–Kier alpha value is -2.58. The molecule has 76 heavy (non-hydrogen) atoms. The van der Waals surface area contributed by atoms with Crippen LogP contribution in [-0.2, 0) is 18.4 Å². The van der Waals surface area contributed by atoms with Crippen molar-refractivity contribution < 1.29 is 32.9 Å². The molecule has 1 amide bonds. The Morgan fingerprint density at radius 3 is 1.16 bits per heavy atom. The molecular weight excluding hydrogens is 960 g/mol. The predicted molar refractivity (Wildman–Crippen MR) is 332 cm³/mol. The van der Waals surface area contributed by atoms with Gasteiger partial charge in [0.1, 0.15) is 13.2 Å². The van der Waals surface area contributed by atoms with Crippen molar-refractivity contribution in [2.75, 3.05) is 40.9 Å². The molecule has 3 N–H and O–H groups in total. The zero-order chi connectivity index (χ0) is 55.6. The van der Waals surface area contributed by atoms with E-state index in [9.17, 15) is 19.4 Å². The fourth-order valence-corrected chi connectivity index (χ4v) is 9.64. The van der Waals surface area contributed by atoms with Gasteiger partial charge in [-0.2, -0.15) is 0 Å².